The van der Waals surface area contributed by atoms with Gasteiger partial charge in [0.15, 0.2) is 0 Å². The summed E-state index contributed by atoms with van der Waals surface area (Å²) in [6.45, 7) is 0.391. The number of nitrogens with two attached hydrogens (primary N) is 1. The van der Waals surface area contributed by atoms with Gasteiger partial charge in [0.2, 0.25) is 10.0 Å². The molecule has 0 radical (unpaired) electrons. The number of benzene rings is 1. The monoisotopic (exact) mass is 291 g/mol. The van der Waals surface area contributed by atoms with E-state index in [1.54, 1.807) is 0 Å². The third-order valence-electron chi connectivity index (χ3n) is 3.35. The second kappa shape index (κ2) is 6.07. The summed E-state index contributed by atoms with van der Waals surface area (Å²) in [6.07, 6.45) is 7.03. The minimum absolute atomic E-state index is 0.0134. The van der Waals surface area contributed by atoms with Gasteiger partial charge < -0.3 is 5.73 Å². The van der Waals surface area contributed by atoms with Crippen molar-refractivity contribution in [1.82, 2.24) is 4.72 Å². The number of nitrogen functional groups attached to an aromatic ring is 1. The van der Waals surface area contributed by atoms with Crippen LogP contribution in [0.25, 0.3) is 0 Å². The van der Waals surface area contributed by atoms with Crippen LogP contribution in [-0.4, -0.2) is 15.0 Å². The average Bonchev–Trinajstić information content (AvgIpc) is 2.46. The molecule has 0 spiro atoms. The van der Waals surface area contributed by atoms with Crippen molar-refractivity contribution in [3.8, 4) is 6.07 Å². The van der Waals surface area contributed by atoms with Gasteiger partial charge in [-0.05, 0) is 43.4 Å². The SMILES string of the molecule is N#Cc1cc(N)ccc1S(=O)(=O)NCC1CC=CCC1. The Balaban J connectivity index is 2.14. The Kier molecular flexibility index (Phi) is 4.42. The van der Waals surface area contributed by atoms with Gasteiger partial charge in [-0.2, -0.15) is 5.26 Å². The van der Waals surface area contributed by atoms with E-state index in [-0.39, 0.29) is 10.5 Å². The number of sulfonamides is 1. The predicted octanol–water partition coefficient (Wildman–Crippen LogP) is 1.78. The van der Waals surface area contributed by atoms with Crippen LogP contribution in [0.4, 0.5) is 5.69 Å². The smallest absolute Gasteiger partial charge is 0.241 e. The first kappa shape index (κ1) is 14.6. The zero-order valence-corrected chi connectivity index (χ0v) is 11.9. The van der Waals surface area contributed by atoms with Gasteiger partial charge in [-0.1, -0.05) is 12.2 Å². The molecule has 0 amide bonds. The first-order valence-corrected chi connectivity index (χ1v) is 7.95. The topological polar surface area (TPSA) is 96.0 Å². The van der Waals surface area contributed by atoms with Crippen LogP contribution in [0.3, 0.4) is 0 Å². The van der Waals surface area contributed by atoms with E-state index in [0.717, 1.165) is 19.3 Å². The minimum Gasteiger partial charge on any atom is -0.399 e. The summed E-state index contributed by atoms with van der Waals surface area (Å²) in [5.74, 6) is 0.314. The van der Waals surface area contributed by atoms with E-state index in [1.165, 1.54) is 18.2 Å². The Morgan fingerprint density at radius 3 is 2.85 bits per heavy atom. The molecule has 2 rings (SSSR count). The molecule has 0 saturated heterocycles. The van der Waals surface area contributed by atoms with Gasteiger partial charge in [-0.15, -0.1) is 0 Å². The molecule has 0 aliphatic heterocycles. The summed E-state index contributed by atoms with van der Waals surface area (Å²) in [5.41, 5.74) is 6.01. The lowest BCUT2D eigenvalue weighted by Gasteiger charge is -2.18. The maximum atomic E-state index is 12.2. The summed E-state index contributed by atoms with van der Waals surface area (Å²) >= 11 is 0. The van der Waals surface area contributed by atoms with Crippen LogP contribution in [-0.2, 0) is 10.0 Å². The van der Waals surface area contributed by atoms with Gasteiger partial charge in [-0.25, -0.2) is 13.1 Å². The lowest BCUT2D eigenvalue weighted by Crippen LogP contribution is -2.30. The highest BCUT2D eigenvalue weighted by Crippen LogP contribution is 2.20. The van der Waals surface area contributed by atoms with Crippen molar-refractivity contribution in [2.24, 2.45) is 5.92 Å². The molecule has 1 unspecified atom stereocenters. The van der Waals surface area contributed by atoms with Crippen molar-refractivity contribution < 1.29 is 8.42 Å². The van der Waals surface area contributed by atoms with Gasteiger partial charge in [0.1, 0.15) is 6.07 Å². The molecule has 0 aromatic heterocycles. The molecule has 1 aliphatic rings. The molecule has 1 aromatic carbocycles. The maximum Gasteiger partial charge on any atom is 0.241 e. The molecule has 3 N–H and O–H groups in total. The maximum absolute atomic E-state index is 12.2. The lowest BCUT2D eigenvalue weighted by atomic mass is 9.95. The summed E-state index contributed by atoms with van der Waals surface area (Å²) < 4.78 is 27.1. The van der Waals surface area contributed by atoms with Crippen LogP contribution in [0, 0.1) is 17.2 Å². The van der Waals surface area contributed by atoms with E-state index in [9.17, 15) is 8.42 Å². The van der Waals surface area contributed by atoms with Crippen LogP contribution in [0.5, 0.6) is 0 Å². The molecule has 20 heavy (non-hydrogen) atoms. The first-order chi connectivity index (χ1) is 9.53. The largest absolute Gasteiger partial charge is 0.399 e. The van der Waals surface area contributed by atoms with Crippen LogP contribution in [0.2, 0.25) is 0 Å². The standard InChI is InChI=1S/C14H17N3O2S/c15-9-12-8-13(16)6-7-14(12)20(18,19)17-10-11-4-2-1-3-5-11/h1-2,6-8,11,17H,3-5,10,16H2. The van der Waals surface area contributed by atoms with E-state index in [0.29, 0.717) is 18.2 Å². The van der Waals surface area contributed by atoms with Crippen LogP contribution >= 0.6 is 0 Å². The summed E-state index contributed by atoms with van der Waals surface area (Å²) in [4.78, 5) is -0.0134. The Hall–Kier alpha value is -1.84. The second-order valence-electron chi connectivity index (χ2n) is 4.87. The zero-order chi connectivity index (χ0) is 14.6. The molecule has 106 valence electrons. The van der Waals surface area contributed by atoms with E-state index in [2.05, 4.69) is 16.9 Å². The number of allylic oxidation sites excluding steroid dienone is 2. The van der Waals surface area contributed by atoms with Gasteiger partial charge in [0.25, 0.3) is 0 Å². The second-order valence-corrected chi connectivity index (χ2v) is 6.61. The summed E-state index contributed by atoms with van der Waals surface area (Å²) in [5, 5.41) is 9.02. The van der Waals surface area contributed by atoms with Crippen LogP contribution in [0.15, 0.2) is 35.2 Å². The molecule has 0 bridgehead atoms. The molecular weight excluding hydrogens is 274 g/mol. The third kappa shape index (κ3) is 3.38. The summed E-state index contributed by atoms with van der Waals surface area (Å²) in [7, 11) is -3.67. The third-order valence-corrected chi connectivity index (χ3v) is 4.84. The van der Waals surface area contributed by atoms with Gasteiger partial charge >= 0.3 is 0 Å². The zero-order valence-electron chi connectivity index (χ0n) is 11.0. The highest BCUT2D eigenvalue weighted by Gasteiger charge is 2.20. The number of nitrogens with zero attached hydrogens (tertiary/aromatic N) is 1. The molecule has 0 fully saturated rings. The number of hydrogen-bond acceptors (Lipinski definition) is 4. The highest BCUT2D eigenvalue weighted by molar-refractivity contribution is 7.89. The Labute approximate surface area is 119 Å². The molecule has 0 heterocycles. The molecule has 0 saturated carbocycles. The number of nitriles is 1. The average molecular weight is 291 g/mol. The number of hydrogen-bond donors (Lipinski definition) is 2. The van der Waals surface area contributed by atoms with Crippen LogP contribution < -0.4 is 10.5 Å². The summed E-state index contributed by atoms with van der Waals surface area (Å²) in [6, 6.07) is 6.10. The van der Waals surface area contributed by atoms with Crippen molar-refractivity contribution in [2.45, 2.75) is 24.2 Å². The molecule has 6 heteroatoms. The fraction of sp³-hybridized carbons (Fsp3) is 0.357. The van der Waals surface area contributed by atoms with E-state index in [1.807, 2.05) is 6.07 Å². The molecule has 1 atom stereocenters. The van der Waals surface area contributed by atoms with E-state index >= 15 is 0 Å². The first-order valence-electron chi connectivity index (χ1n) is 6.47. The van der Waals surface area contributed by atoms with Crippen molar-refractivity contribution >= 4 is 15.7 Å². The van der Waals surface area contributed by atoms with E-state index in [4.69, 9.17) is 11.0 Å². The predicted molar refractivity (Wildman–Crippen MR) is 77.2 cm³/mol. The van der Waals surface area contributed by atoms with Crippen molar-refractivity contribution in [1.29, 1.82) is 5.26 Å². The van der Waals surface area contributed by atoms with E-state index < -0.39 is 10.0 Å². The fourth-order valence-electron chi connectivity index (χ4n) is 2.22. The van der Waals surface area contributed by atoms with Crippen molar-refractivity contribution in [3.63, 3.8) is 0 Å². The van der Waals surface area contributed by atoms with Crippen LogP contribution in [0.1, 0.15) is 24.8 Å². The Morgan fingerprint density at radius 2 is 2.20 bits per heavy atom. The van der Waals surface area contributed by atoms with Gasteiger partial charge in [0.05, 0.1) is 10.5 Å². The van der Waals surface area contributed by atoms with Gasteiger partial charge in [-0.3, -0.25) is 0 Å². The number of anilines is 1. The van der Waals surface area contributed by atoms with Crippen molar-refractivity contribution in [3.05, 3.63) is 35.9 Å². The highest BCUT2D eigenvalue weighted by atomic mass is 32.2. The number of rotatable bonds is 4. The quantitative estimate of drug-likeness (QED) is 0.652. The molecule has 5 nitrogen and oxygen atoms in total. The fourth-order valence-corrected chi connectivity index (χ4v) is 3.47. The lowest BCUT2D eigenvalue weighted by molar-refractivity contribution is 0.468. The molecular formula is C14H17N3O2S. The number of nitrogens with one attached hydrogen (secondary N) is 1. The minimum atomic E-state index is -3.67. The van der Waals surface area contributed by atoms with Gasteiger partial charge in [0, 0.05) is 12.2 Å². The molecule has 1 aromatic rings. The normalized spacial score (nSPS) is 18.6. The molecule has 1 aliphatic carbocycles. The Bertz CT molecular complexity index is 659. The van der Waals surface area contributed by atoms with Crippen molar-refractivity contribution in [2.75, 3.05) is 12.3 Å². The Morgan fingerprint density at radius 1 is 1.40 bits per heavy atom.